The first-order valence-corrected chi connectivity index (χ1v) is 6.20. The standard InChI is InChI=1S/C13H8BrClO3/c14-8-3-1-4-9(7-8)18-12-10(13(16)17)5-2-6-11(12)15/h1-7H,(H,16,17). The number of carboxylic acids is 1. The van der Waals surface area contributed by atoms with Gasteiger partial charge >= 0.3 is 5.97 Å². The molecule has 0 unspecified atom stereocenters. The zero-order chi connectivity index (χ0) is 13.1. The van der Waals surface area contributed by atoms with Gasteiger partial charge in [0.2, 0.25) is 0 Å². The van der Waals surface area contributed by atoms with Crippen LogP contribution in [0.25, 0.3) is 0 Å². The summed E-state index contributed by atoms with van der Waals surface area (Å²) in [6, 6.07) is 11.7. The minimum absolute atomic E-state index is 0.0301. The predicted molar refractivity (Wildman–Crippen MR) is 72.6 cm³/mol. The number of rotatable bonds is 3. The van der Waals surface area contributed by atoms with Crippen LogP contribution in [-0.4, -0.2) is 11.1 Å². The van der Waals surface area contributed by atoms with Crippen LogP contribution in [0.3, 0.4) is 0 Å². The third-order valence-corrected chi connectivity index (χ3v) is 3.00. The lowest BCUT2D eigenvalue weighted by Gasteiger charge is -2.10. The highest BCUT2D eigenvalue weighted by Crippen LogP contribution is 2.33. The normalized spacial score (nSPS) is 10.1. The summed E-state index contributed by atoms with van der Waals surface area (Å²) in [5, 5.41) is 9.33. The molecule has 0 aliphatic rings. The second kappa shape index (κ2) is 5.42. The molecule has 0 aliphatic carbocycles. The van der Waals surface area contributed by atoms with E-state index in [0.29, 0.717) is 5.75 Å². The first-order valence-electron chi connectivity index (χ1n) is 5.03. The quantitative estimate of drug-likeness (QED) is 0.896. The van der Waals surface area contributed by atoms with E-state index in [1.807, 2.05) is 6.07 Å². The number of para-hydroxylation sites is 1. The molecule has 2 aromatic carbocycles. The highest BCUT2D eigenvalue weighted by molar-refractivity contribution is 9.10. The van der Waals surface area contributed by atoms with Gasteiger partial charge in [0.25, 0.3) is 0 Å². The van der Waals surface area contributed by atoms with Crippen LogP contribution in [0.4, 0.5) is 0 Å². The molecule has 0 aromatic heterocycles. The number of hydrogen-bond donors (Lipinski definition) is 1. The van der Waals surface area contributed by atoms with Crippen molar-refractivity contribution in [3.63, 3.8) is 0 Å². The Hall–Kier alpha value is -1.52. The van der Waals surface area contributed by atoms with Gasteiger partial charge in [0.1, 0.15) is 11.3 Å². The molecule has 0 atom stereocenters. The van der Waals surface area contributed by atoms with Crippen LogP contribution in [0.5, 0.6) is 11.5 Å². The van der Waals surface area contributed by atoms with Gasteiger partial charge in [0.15, 0.2) is 5.75 Å². The minimum Gasteiger partial charge on any atom is -0.478 e. The monoisotopic (exact) mass is 326 g/mol. The van der Waals surface area contributed by atoms with E-state index >= 15 is 0 Å². The summed E-state index contributed by atoms with van der Waals surface area (Å²) in [4.78, 5) is 11.1. The van der Waals surface area contributed by atoms with Crippen molar-refractivity contribution in [2.45, 2.75) is 0 Å². The second-order valence-corrected chi connectivity index (χ2v) is 4.80. The first-order chi connectivity index (χ1) is 8.58. The Balaban J connectivity index is 2.42. The lowest BCUT2D eigenvalue weighted by molar-refractivity contribution is 0.0694. The molecule has 0 bridgehead atoms. The zero-order valence-electron chi connectivity index (χ0n) is 9.06. The van der Waals surface area contributed by atoms with Gasteiger partial charge in [-0.25, -0.2) is 4.79 Å². The lowest BCUT2D eigenvalue weighted by atomic mass is 10.2. The molecule has 2 rings (SSSR count). The molecule has 18 heavy (non-hydrogen) atoms. The fourth-order valence-electron chi connectivity index (χ4n) is 1.43. The van der Waals surface area contributed by atoms with Gasteiger partial charge in [-0.05, 0) is 30.3 Å². The molecular formula is C13H8BrClO3. The molecule has 0 radical (unpaired) electrons. The minimum atomic E-state index is -1.08. The van der Waals surface area contributed by atoms with Crippen molar-refractivity contribution in [3.8, 4) is 11.5 Å². The summed E-state index contributed by atoms with van der Waals surface area (Å²) in [5.74, 6) is -0.424. The van der Waals surface area contributed by atoms with Gasteiger partial charge in [0.05, 0.1) is 5.02 Å². The van der Waals surface area contributed by atoms with E-state index in [0.717, 1.165) is 4.47 Å². The average Bonchev–Trinajstić information content (AvgIpc) is 2.31. The van der Waals surface area contributed by atoms with Crippen LogP contribution in [0.15, 0.2) is 46.9 Å². The van der Waals surface area contributed by atoms with E-state index in [4.69, 9.17) is 21.4 Å². The average molecular weight is 328 g/mol. The number of ether oxygens (including phenoxy) is 1. The molecule has 92 valence electrons. The number of carbonyl (C=O) groups is 1. The maximum absolute atomic E-state index is 11.1. The molecule has 0 amide bonds. The SMILES string of the molecule is O=C(O)c1cccc(Cl)c1Oc1cccc(Br)c1. The molecule has 0 saturated heterocycles. The maximum atomic E-state index is 11.1. The van der Waals surface area contributed by atoms with E-state index in [1.165, 1.54) is 6.07 Å². The van der Waals surface area contributed by atoms with Crippen molar-refractivity contribution in [3.05, 3.63) is 57.5 Å². The summed E-state index contributed by atoms with van der Waals surface area (Å²) in [6.45, 7) is 0. The van der Waals surface area contributed by atoms with Gasteiger partial charge in [-0.1, -0.05) is 39.7 Å². The highest BCUT2D eigenvalue weighted by atomic mass is 79.9. The summed E-state index contributed by atoms with van der Waals surface area (Å²) in [6.07, 6.45) is 0. The summed E-state index contributed by atoms with van der Waals surface area (Å²) in [7, 11) is 0. The molecule has 0 fully saturated rings. The van der Waals surface area contributed by atoms with Gasteiger partial charge in [-0.15, -0.1) is 0 Å². The Morgan fingerprint density at radius 1 is 1.22 bits per heavy atom. The summed E-state index contributed by atoms with van der Waals surface area (Å²) >= 11 is 9.28. The molecule has 2 aromatic rings. The molecule has 5 heteroatoms. The number of aromatic carboxylic acids is 1. The lowest BCUT2D eigenvalue weighted by Crippen LogP contribution is -2.00. The Kier molecular flexibility index (Phi) is 3.89. The molecule has 1 N–H and O–H groups in total. The summed E-state index contributed by atoms with van der Waals surface area (Å²) in [5.41, 5.74) is 0.0301. The van der Waals surface area contributed by atoms with Crippen LogP contribution >= 0.6 is 27.5 Å². The fourth-order valence-corrected chi connectivity index (χ4v) is 2.02. The van der Waals surface area contributed by atoms with Crippen LogP contribution < -0.4 is 4.74 Å². The van der Waals surface area contributed by atoms with Crippen LogP contribution in [0, 0.1) is 0 Å². The number of hydrogen-bond acceptors (Lipinski definition) is 2. The van der Waals surface area contributed by atoms with Crippen molar-refractivity contribution in [2.24, 2.45) is 0 Å². The third-order valence-electron chi connectivity index (χ3n) is 2.21. The van der Waals surface area contributed by atoms with E-state index in [-0.39, 0.29) is 16.3 Å². The molecule has 0 aliphatic heterocycles. The highest BCUT2D eigenvalue weighted by Gasteiger charge is 2.15. The van der Waals surface area contributed by atoms with Gasteiger partial charge in [-0.3, -0.25) is 0 Å². The van der Waals surface area contributed by atoms with Crippen molar-refractivity contribution in [1.82, 2.24) is 0 Å². The van der Waals surface area contributed by atoms with E-state index in [2.05, 4.69) is 15.9 Å². The van der Waals surface area contributed by atoms with Crippen molar-refractivity contribution < 1.29 is 14.6 Å². The van der Waals surface area contributed by atoms with E-state index in [1.54, 1.807) is 30.3 Å². The molecular weight excluding hydrogens is 319 g/mol. The third kappa shape index (κ3) is 2.83. The number of halogens is 2. The van der Waals surface area contributed by atoms with E-state index < -0.39 is 5.97 Å². The van der Waals surface area contributed by atoms with Gasteiger partial charge in [0, 0.05) is 4.47 Å². The van der Waals surface area contributed by atoms with Gasteiger partial charge in [-0.2, -0.15) is 0 Å². The Bertz CT molecular complexity index is 599. The zero-order valence-corrected chi connectivity index (χ0v) is 11.4. The number of benzene rings is 2. The maximum Gasteiger partial charge on any atom is 0.339 e. The van der Waals surface area contributed by atoms with Gasteiger partial charge < -0.3 is 9.84 Å². The van der Waals surface area contributed by atoms with Crippen molar-refractivity contribution in [1.29, 1.82) is 0 Å². The Morgan fingerprint density at radius 2 is 1.94 bits per heavy atom. The van der Waals surface area contributed by atoms with Crippen molar-refractivity contribution in [2.75, 3.05) is 0 Å². The molecule has 0 heterocycles. The largest absolute Gasteiger partial charge is 0.478 e. The fraction of sp³-hybridized carbons (Fsp3) is 0. The number of carboxylic acid groups (broad SMARTS) is 1. The van der Waals surface area contributed by atoms with Crippen LogP contribution in [0.1, 0.15) is 10.4 Å². The Morgan fingerprint density at radius 3 is 2.61 bits per heavy atom. The smallest absolute Gasteiger partial charge is 0.339 e. The molecule has 0 spiro atoms. The van der Waals surface area contributed by atoms with Crippen molar-refractivity contribution >= 4 is 33.5 Å². The van der Waals surface area contributed by atoms with Crippen LogP contribution in [0.2, 0.25) is 5.02 Å². The summed E-state index contributed by atoms with van der Waals surface area (Å²) < 4.78 is 6.38. The van der Waals surface area contributed by atoms with Crippen LogP contribution in [-0.2, 0) is 0 Å². The first kappa shape index (κ1) is 12.9. The topological polar surface area (TPSA) is 46.5 Å². The molecule has 3 nitrogen and oxygen atoms in total. The molecule has 0 saturated carbocycles. The predicted octanol–water partition coefficient (Wildman–Crippen LogP) is 4.59. The Labute approximate surface area is 117 Å². The van der Waals surface area contributed by atoms with E-state index in [9.17, 15) is 4.79 Å². The second-order valence-electron chi connectivity index (χ2n) is 3.48.